The Labute approximate surface area is 304 Å². The maximum atomic E-state index is 6.82. The van der Waals surface area contributed by atoms with Crippen LogP contribution in [-0.4, -0.2) is 7.11 Å². The zero-order valence-electron chi connectivity index (χ0n) is 29.5. The molecule has 0 N–H and O–H groups in total. The highest BCUT2D eigenvalue weighted by atomic mass is 16.5. The van der Waals surface area contributed by atoms with Gasteiger partial charge in [0.05, 0.1) is 7.11 Å². The van der Waals surface area contributed by atoms with Crippen LogP contribution in [0.5, 0.6) is 5.75 Å². The predicted molar refractivity (Wildman–Crippen MR) is 208 cm³/mol. The molecule has 7 aromatic rings. The SMILES string of the molecule is COc1ccc2oc3cccc4c3c2c1C12CC3CC5(CC6CC(CC4C1)(c1ccccc1-c1ccccc16)C52)c1ccccc1-c1ccccc13. The van der Waals surface area contributed by atoms with Gasteiger partial charge in [-0.25, -0.2) is 0 Å². The molecule has 6 bridgehead atoms. The highest BCUT2D eigenvalue weighted by Gasteiger charge is 2.72. The van der Waals surface area contributed by atoms with Gasteiger partial charge < -0.3 is 9.15 Å². The third-order valence-corrected chi connectivity index (χ3v) is 15.4. The van der Waals surface area contributed by atoms with E-state index in [1.807, 2.05) is 7.11 Å². The second-order valence-corrected chi connectivity index (χ2v) is 17.3. The van der Waals surface area contributed by atoms with E-state index in [1.54, 1.807) is 16.7 Å². The van der Waals surface area contributed by atoms with E-state index >= 15 is 0 Å². The second kappa shape index (κ2) is 9.47. The predicted octanol–water partition coefficient (Wildman–Crippen LogP) is 12.3. The largest absolute Gasteiger partial charge is 0.496 e. The molecule has 2 heteroatoms. The van der Waals surface area contributed by atoms with Gasteiger partial charge in [0.1, 0.15) is 16.9 Å². The van der Waals surface area contributed by atoms with Gasteiger partial charge >= 0.3 is 0 Å². The molecule has 2 nitrogen and oxygen atoms in total. The minimum Gasteiger partial charge on any atom is -0.496 e. The van der Waals surface area contributed by atoms with Crippen molar-refractivity contribution in [2.75, 3.05) is 7.11 Å². The molecule has 3 saturated carbocycles. The molecule has 3 spiro atoms. The van der Waals surface area contributed by atoms with E-state index in [1.165, 1.54) is 69.0 Å². The average molecular weight is 673 g/mol. The van der Waals surface area contributed by atoms with Crippen LogP contribution in [0.4, 0.5) is 0 Å². The molecular formula is C50H40O2. The average Bonchev–Trinajstić information content (AvgIpc) is 3.47. The van der Waals surface area contributed by atoms with Crippen molar-refractivity contribution in [1.29, 1.82) is 0 Å². The van der Waals surface area contributed by atoms with Crippen LogP contribution >= 0.6 is 0 Å². The van der Waals surface area contributed by atoms with Crippen LogP contribution in [0.15, 0.2) is 132 Å². The maximum absolute atomic E-state index is 6.82. The Balaban J connectivity index is 1.26. The van der Waals surface area contributed by atoms with Crippen LogP contribution in [0, 0.1) is 5.92 Å². The van der Waals surface area contributed by atoms with E-state index in [0.717, 1.165) is 36.2 Å². The highest BCUT2D eigenvalue weighted by molar-refractivity contribution is 6.10. The zero-order valence-corrected chi connectivity index (χ0v) is 29.5. The molecule has 0 aliphatic heterocycles. The number of rotatable bonds is 1. The number of furan rings is 1. The molecule has 6 aliphatic carbocycles. The minimum absolute atomic E-state index is 0.0496. The Morgan fingerprint density at radius 1 is 0.462 bits per heavy atom. The number of hydrogen-bond donors (Lipinski definition) is 0. The van der Waals surface area contributed by atoms with Gasteiger partial charge in [-0.1, -0.05) is 109 Å². The van der Waals surface area contributed by atoms with Crippen molar-refractivity contribution in [3.05, 3.63) is 161 Å². The molecule has 6 aliphatic rings. The monoisotopic (exact) mass is 672 g/mol. The summed E-state index contributed by atoms with van der Waals surface area (Å²) in [5.41, 5.74) is 16.8. The summed E-state index contributed by atoms with van der Waals surface area (Å²) >= 11 is 0. The van der Waals surface area contributed by atoms with Crippen LogP contribution in [-0.2, 0) is 16.2 Å². The molecule has 6 aromatic carbocycles. The van der Waals surface area contributed by atoms with Crippen LogP contribution in [0.3, 0.4) is 0 Å². The molecule has 0 saturated heterocycles. The highest BCUT2D eigenvalue weighted by Crippen LogP contribution is 2.79. The summed E-state index contributed by atoms with van der Waals surface area (Å²) in [4.78, 5) is 0. The van der Waals surface area contributed by atoms with Gasteiger partial charge in [0.15, 0.2) is 0 Å². The van der Waals surface area contributed by atoms with Crippen molar-refractivity contribution >= 4 is 21.9 Å². The number of fused-ring (bicyclic) bond motifs is 12. The molecular weight excluding hydrogens is 633 g/mol. The summed E-state index contributed by atoms with van der Waals surface area (Å²) in [5.74, 6) is 2.70. The van der Waals surface area contributed by atoms with Crippen molar-refractivity contribution in [3.8, 4) is 28.0 Å². The topological polar surface area (TPSA) is 22.4 Å². The standard InChI is InChI=1S/C50H40O2/c1-51-43-22-21-42-45-44-34(17-10-20-41(44)52-42)31-26-49-24-29(32-11-2-4-13-35(32)37-15-7-9-19-40(37)49)23-48-25-30(27-50(28-31,46(43)45)47(48)49)33-12-3-5-14-36(33)38-16-6-8-18-39(38)48/h2-22,29-31,47H,23-28H2,1H3. The molecule has 3 fully saturated rings. The van der Waals surface area contributed by atoms with Gasteiger partial charge in [-0.3, -0.25) is 0 Å². The third kappa shape index (κ3) is 3.15. The second-order valence-electron chi connectivity index (χ2n) is 17.3. The number of hydrogen-bond acceptors (Lipinski definition) is 2. The summed E-state index contributed by atoms with van der Waals surface area (Å²) in [7, 11) is 1.91. The normalized spacial score (nSPS) is 30.9. The van der Waals surface area contributed by atoms with E-state index < -0.39 is 0 Å². The lowest BCUT2D eigenvalue weighted by Crippen LogP contribution is -2.67. The van der Waals surface area contributed by atoms with Crippen molar-refractivity contribution in [3.63, 3.8) is 0 Å². The van der Waals surface area contributed by atoms with Crippen LogP contribution in [0.1, 0.15) is 89.7 Å². The number of ether oxygens (including phenoxy) is 1. The van der Waals surface area contributed by atoms with Crippen molar-refractivity contribution < 1.29 is 9.15 Å². The zero-order chi connectivity index (χ0) is 34.0. The fourth-order valence-corrected chi connectivity index (χ4v) is 14.6. The van der Waals surface area contributed by atoms with E-state index in [-0.39, 0.29) is 16.2 Å². The van der Waals surface area contributed by atoms with Gasteiger partial charge in [0.2, 0.25) is 0 Å². The Kier molecular flexibility index (Phi) is 5.19. The maximum Gasteiger partial charge on any atom is 0.136 e. The van der Waals surface area contributed by atoms with Crippen molar-refractivity contribution in [1.82, 2.24) is 0 Å². The lowest BCUT2D eigenvalue weighted by atomic mass is 9.32. The fraction of sp³-hybridized carbons (Fsp3) is 0.280. The molecule has 0 amide bonds. The van der Waals surface area contributed by atoms with Crippen molar-refractivity contribution in [2.24, 2.45) is 5.92 Å². The first kappa shape index (κ1) is 28.5. The Morgan fingerprint density at radius 2 is 0.942 bits per heavy atom. The van der Waals surface area contributed by atoms with Gasteiger partial charge in [-0.2, -0.15) is 0 Å². The Morgan fingerprint density at radius 3 is 1.54 bits per heavy atom. The molecule has 1 aromatic heterocycles. The minimum atomic E-state index is -0.147. The molecule has 13 rings (SSSR count). The molecule has 7 unspecified atom stereocenters. The van der Waals surface area contributed by atoms with E-state index in [4.69, 9.17) is 9.15 Å². The smallest absolute Gasteiger partial charge is 0.136 e. The summed E-state index contributed by atoms with van der Waals surface area (Å²) in [6, 6.07) is 49.6. The van der Waals surface area contributed by atoms with E-state index in [2.05, 4.69) is 127 Å². The number of benzene rings is 6. The Bertz CT molecular complexity index is 2700. The summed E-state index contributed by atoms with van der Waals surface area (Å²) in [6.45, 7) is 0. The lowest BCUT2D eigenvalue weighted by molar-refractivity contribution is -0.0792. The van der Waals surface area contributed by atoms with Gasteiger partial charge in [-0.15, -0.1) is 0 Å². The van der Waals surface area contributed by atoms with E-state index in [9.17, 15) is 0 Å². The fourth-order valence-electron chi connectivity index (χ4n) is 14.6. The summed E-state index contributed by atoms with van der Waals surface area (Å²) in [5, 5.41) is 2.67. The summed E-state index contributed by atoms with van der Waals surface area (Å²) < 4.78 is 13.4. The van der Waals surface area contributed by atoms with Gasteiger partial charge in [-0.05, 0) is 130 Å². The Hall–Kier alpha value is -5.08. The van der Waals surface area contributed by atoms with Crippen LogP contribution < -0.4 is 4.74 Å². The first-order valence-electron chi connectivity index (χ1n) is 19.5. The van der Waals surface area contributed by atoms with Crippen LogP contribution in [0.25, 0.3) is 44.2 Å². The van der Waals surface area contributed by atoms with Crippen LogP contribution in [0.2, 0.25) is 0 Å². The summed E-state index contributed by atoms with van der Waals surface area (Å²) in [6.07, 6.45) is 6.97. The first-order valence-corrected chi connectivity index (χ1v) is 19.5. The van der Waals surface area contributed by atoms with Gasteiger partial charge in [0.25, 0.3) is 0 Å². The molecule has 252 valence electrons. The molecule has 0 radical (unpaired) electrons. The lowest BCUT2D eigenvalue weighted by Gasteiger charge is -2.70. The quantitative estimate of drug-likeness (QED) is 0.173. The molecule has 7 atom stereocenters. The first-order chi connectivity index (χ1) is 25.6. The number of methoxy groups -OCH3 is 1. The van der Waals surface area contributed by atoms with E-state index in [0.29, 0.717) is 23.7 Å². The third-order valence-electron chi connectivity index (χ3n) is 15.4. The van der Waals surface area contributed by atoms with Gasteiger partial charge in [0, 0.05) is 32.6 Å². The van der Waals surface area contributed by atoms with Crippen molar-refractivity contribution in [2.45, 2.75) is 72.5 Å². The molecule has 1 heterocycles. The molecule has 52 heavy (non-hydrogen) atoms.